The number of carbonyl (C=O) groups excluding carboxylic acids is 2. The molecule has 3 rings (SSSR count). The molecule has 0 aliphatic carbocycles. The summed E-state index contributed by atoms with van der Waals surface area (Å²) in [4.78, 5) is 29.1. The summed E-state index contributed by atoms with van der Waals surface area (Å²) in [5.41, 5.74) is 0.746. The van der Waals surface area contributed by atoms with Crippen molar-refractivity contribution in [2.75, 3.05) is 38.8 Å². The molecule has 2 aliphatic heterocycles. The van der Waals surface area contributed by atoms with Crippen LogP contribution in [0.25, 0.3) is 0 Å². The fourth-order valence-electron chi connectivity index (χ4n) is 3.84. The Labute approximate surface area is 155 Å². The zero-order chi connectivity index (χ0) is 18.5. The molecule has 26 heavy (non-hydrogen) atoms. The predicted octanol–water partition coefficient (Wildman–Crippen LogP) is 2.85. The van der Waals surface area contributed by atoms with E-state index in [-0.39, 0.29) is 24.2 Å². The number of amides is 2. The van der Waals surface area contributed by atoms with Crippen molar-refractivity contribution >= 4 is 17.5 Å². The van der Waals surface area contributed by atoms with E-state index < -0.39 is 0 Å². The van der Waals surface area contributed by atoms with Gasteiger partial charge in [0.1, 0.15) is 0 Å². The fraction of sp³-hybridized carbons (Fsp3) is 0.600. The molecule has 1 atom stereocenters. The highest BCUT2D eigenvalue weighted by atomic mass is 16.5. The standard InChI is InChI=1S/C20H28N2O4/c1-25-17-9-8-16(13-18(17)26-2)22-14-15(12-19(22)23)20(24)21-10-6-4-3-5-7-11-21/h8-9,13,15H,3-7,10-12,14H2,1-2H3/t15-/m1/s1. The van der Waals surface area contributed by atoms with Gasteiger partial charge in [-0.25, -0.2) is 0 Å². The van der Waals surface area contributed by atoms with Gasteiger partial charge in [0, 0.05) is 37.8 Å². The summed E-state index contributed by atoms with van der Waals surface area (Å²) in [6.07, 6.45) is 6.04. The Hall–Kier alpha value is -2.24. The number of anilines is 1. The minimum atomic E-state index is -0.255. The maximum atomic E-state index is 12.9. The quantitative estimate of drug-likeness (QED) is 0.828. The molecule has 0 spiro atoms. The van der Waals surface area contributed by atoms with E-state index in [2.05, 4.69) is 0 Å². The summed E-state index contributed by atoms with van der Waals surface area (Å²) in [5.74, 6) is 1.06. The largest absolute Gasteiger partial charge is 0.493 e. The lowest BCUT2D eigenvalue weighted by Crippen LogP contribution is -2.39. The van der Waals surface area contributed by atoms with E-state index >= 15 is 0 Å². The Bertz CT molecular complexity index is 653. The Morgan fingerprint density at radius 2 is 1.65 bits per heavy atom. The van der Waals surface area contributed by atoms with Gasteiger partial charge in [0.25, 0.3) is 0 Å². The summed E-state index contributed by atoms with van der Waals surface area (Å²) < 4.78 is 10.6. The first kappa shape index (κ1) is 18.5. The van der Waals surface area contributed by atoms with E-state index in [9.17, 15) is 9.59 Å². The highest BCUT2D eigenvalue weighted by Crippen LogP contribution is 2.34. The van der Waals surface area contributed by atoms with Crippen LogP contribution >= 0.6 is 0 Å². The van der Waals surface area contributed by atoms with E-state index in [0.29, 0.717) is 18.0 Å². The first-order chi connectivity index (χ1) is 12.6. The van der Waals surface area contributed by atoms with Crippen LogP contribution in [0.5, 0.6) is 11.5 Å². The van der Waals surface area contributed by atoms with Gasteiger partial charge in [-0.1, -0.05) is 19.3 Å². The van der Waals surface area contributed by atoms with Crippen LogP contribution in [0.15, 0.2) is 18.2 Å². The molecule has 0 bridgehead atoms. The molecule has 0 unspecified atom stereocenters. The monoisotopic (exact) mass is 360 g/mol. The topological polar surface area (TPSA) is 59.1 Å². The fourth-order valence-corrected chi connectivity index (χ4v) is 3.84. The number of benzene rings is 1. The lowest BCUT2D eigenvalue weighted by atomic mass is 10.0. The molecule has 1 aromatic rings. The predicted molar refractivity (Wildman–Crippen MR) is 99.7 cm³/mol. The Morgan fingerprint density at radius 1 is 1.00 bits per heavy atom. The second-order valence-corrected chi connectivity index (χ2v) is 7.04. The normalized spacial score (nSPS) is 21.3. The zero-order valence-electron chi connectivity index (χ0n) is 15.7. The third-order valence-corrected chi connectivity index (χ3v) is 5.32. The van der Waals surface area contributed by atoms with Gasteiger partial charge in [0.05, 0.1) is 20.1 Å². The van der Waals surface area contributed by atoms with Crippen LogP contribution in [0.4, 0.5) is 5.69 Å². The van der Waals surface area contributed by atoms with Crippen LogP contribution in [-0.4, -0.2) is 50.6 Å². The van der Waals surface area contributed by atoms with Crippen LogP contribution in [0, 0.1) is 5.92 Å². The van der Waals surface area contributed by atoms with Crippen molar-refractivity contribution in [1.82, 2.24) is 4.90 Å². The van der Waals surface area contributed by atoms with Crippen LogP contribution in [0.3, 0.4) is 0 Å². The molecule has 2 fully saturated rings. The molecule has 0 aromatic heterocycles. The van der Waals surface area contributed by atoms with Gasteiger partial charge in [-0.05, 0) is 25.0 Å². The molecular weight excluding hydrogens is 332 g/mol. The van der Waals surface area contributed by atoms with Crippen LogP contribution < -0.4 is 14.4 Å². The van der Waals surface area contributed by atoms with Crippen LogP contribution in [0.2, 0.25) is 0 Å². The molecular formula is C20H28N2O4. The smallest absolute Gasteiger partial charge is 0.228 e. The average molecular weight is 360 g/mol. The number of rotatable bonds is 4. The van der Waals surface area contributed by atoms with Gasteiger partial charge < -0.3 is 19.3 Å². The molecule has 1 aromatic carbocycles. The van der Waals surface area contributed by atoms with Gasteiger partial charge in [-0.2, -0.15) is 0 Å². The zero-order valence-corrected chi connectivity index (χ0v) is 15.7. The van der Waals surface area contributed by atoms with Gasteiger partial charge in [0.15, 0.2) is 11.5 Å². The number of carbonyl (C=O) groups is 2. The van der Waals surface area contributed by atoms with Crippen molar-refractivity contribution in [3.63, 3.8) is 0 Å². The summed E-state index contributed by atoms with van der Waals surface area (Å²) in [5, 5.41) is 0. The molecule has 142 valence electrons. The minimum Gasteiger partial charge on any atom is -0.493 e. The average Bonchev–Trinajstić information content (AvgIpc) is 3.02. The lowest BCUT2D eigenvalue weighted by Gasteiger charge is -2.27. The molecule has 2 saturated heterocycles. The van der Waals surface area contributed by atoms with Gasteiger partial charge in [-0.15, -0.1) is 0 Å². The first-order valence-corrected chi connectivity index (χ1v) is 9.45. The number of methoxy groups -OCH3 is 2. The molecule has 0 radical (unpaired) electrons. The highest BCUT2D eigenvalue weighted by Gasteiger charge is 2.37. The van der Waals surface area contributed by atoms with Crippen molar-refractivity contribution in [3.8, 4) is 11.5 Å². The molecule has 6 heteroatoms. The van der Waals surface area contributed by atoms with Gasteiger partial charge >= 0.3 is 0 Å². The number of ether oxygens (including phenoxy) is 2. The second kappa shape index (κ2) is 8.43. The molecule has 2 amide bonds. The van der Waals surface area contributed by atoms with E-state index in [4.69, 9.17) is 9.47 Å². The SMILES string of the molecule is COc1ccc(N2C[C@H](C(=O)N3CCCCCCC3)CC2=O)cc1OC. The van der Waals surface area contributed by atoms with Crippen molar-refractivity contribution < 1.29 is 19.1 Å². The molecule has 2 aliphatic rings. The van der Waals surface area contributed by atoms with Crippen molar-refractivity contribution in [1.29, 1.82) is 0 Å². The van der Waals surface area contributed by atoms with E-state index in [1.807, 2.05) is 11.0 Å². The van der Waals surface area contributed by atoms with E-state index in [1.54, 1.807) is 31.3 Å². The molecule has 6 nitrogen and oxygen atoms in total. The minimum absolute atomic E-state index is 0.0115. The molecule has 0 N–H and O–H groups in total. The second-order valence-electron chi connectivity index (χ2n) is 7.04. The number of nitrogens with zero attached hydrogens (tertiary/aromatic N) is 2. The first-order valence-electron chi connectivity index (χ1n) is 9.45. The third kappa shape index (κ3) is 3.94. The Kier molecular flexibility index (Phi) is 6.01. The lowest BCUT2D eigenvalue weighted by molar-refractivity contribution is -0.136. The Balaban J connectivity index is 1.70. The van der Waals surface area contributed by atoms with E-state index in [0.717, 1.165) is 31.6 Å². The number of hydrogen-bond donors (Lipinski definition) is 0. The summed E-state index contributed by atoms with van der Waals surface area (Å²) >= 11 is 0. The maximum absolute atomic E-state index is 12.9. The van der Waals surface area contributed by atoms with Crippen LogP contribution in [0.1, 0.15) is 38.5 Å². The number of likely N-dealkylation sites (tertiary alicyclic amines) is 1. The molecule has 2 heterocycles. The van der Waals surface area contributed by atoms with Gasteiger partial charge in [0.2, 0.25) is 11.8 Å². The number of hydrogen-bond acceptors (Lipinski definition) is 4. The van der Waals surface area contributed by atoms with Gasteiger partial charge in [-0.3, -0.25) is 9.59 Å². The Morgan fingerprint density at radius 3 is 2.31 bits per heavy atom. The summed E-state index contributed by atoms with van der Waals surface area (Å²) in [6.45, 7) is 2.07. The van der Waals surface area contributed by atoms with Crippen molar-refractivity contribution in [2.45, 2.75) is 38.5 Å². The molecule has 0 saturated carbocycles. The third-order valence-electron chi connectivity index (χ3n) is 5.32. The highest BCUT2D eigenvalue weighted by molar-refractivity contribution is 6.00. The maximum Gasteiger partial charge on any atom is 0.228 e. The van der Waals surface area contributed by atoms with Crippen molar-refractivity contribution in [3.05, 3.63) is 18.2 Å². The summed E-state index contributed by atoms with van der Waals surface area (Å²) in [7, 11) is 3.15. The van der Waals surface area contributed by atoms with E-state index in [1.165, 1.54) is 19.3 Å². The summed E-state index contributed by atoms with van der Waals surface area (Å²) in [6, 6.07) is 5.41. The van der Waals surface area contributed by atoms with Crippen LogP contribution in [-0.2, 0) is 9.59 Å². The van der Waals surface area contributed by atoms with Crippen molar-refractivity contribution in [2.24, 2.45) is 5.92 Å².